The summed E-state index contributed by atoms with van der Waals surface area (Å²) >= 11 is 6.09. The fraction of sp³-hybridized carbons (Fsp3) is 0.467. The second kappa shape index (κ2) is 6.64. The zero-order valence-electron chi connectivity index (χ0n) is 12.9. The number of carbonyl (C=O) groups is 1. The lowest BCUT2D eigenvalue weighted by atomic mass is 10.1. The van der Waals surface area contributed by atoms with Gasteiger partial charge in [0.1, 0.15) is 6.04 Å². The average molecular weight is 337 g/mol. The van der Waals surface area contributed by atoms with Crippen LogP contribution in [0.3, 0.4) is 0 Å². The molecule has 0 spiro atoms. The number of hydrogen-bond acceptors (Lipinski definition) is 6. The zero-order chi connectivity index (χ0) is 16.4. The molecule has 1 amide bonds. The third-order valence-corrected chi connectivity index (χ3v) is 3.93. The first-order valence-electron chi connectivity index (χ1n) is 7.39. The Kier molecular flexibility index (Phi) is 4.58. The summed E-state index contributed by atoms with van der Waals surface area (Å²) in [4.78, 5) is 18.4. The number of pyridine rings is 1. The molecule has 23 heavy (non-hydrogen) atoms. The SMILES string of the molecule is CC(C)c1nnc(C2COCCN2C(=O)c2ccncc2Cl)o1. The minimum Gasteiger partial charge on any atom is -0.423 e. The van der Waals surface area contributed by atoms with Crippen LogP contribution in [-0.4, -0.2) is 45.7 Å². The van der Waals surface area contributed by atoms with Gasteiger partial charge in [0.2, 0.25) is 11.8 Å². The highest BCUT2D eigenvalue weighted by Crippen LogP contribution is 2.28. The van der Waals surface area contributed by atoms with E-state index in [1.165, 1.54) is 12.4 Å². The molecule has 3 heterocycles. The molecular formula is C15H17ClN4O3. The Balaban J connectivity index is 1.89. The number of ether oxygens (including phenoxy) is 1. The van der Waals surface area contributed by atoms with Crippen molar-refractivity contribution in [3.63, 3.8) is 0 Å². The van der Waals surface area contributed by atoms with Gasteiger partial charge in [0.15, 0.2) is 0 Å². The number of aromatic nitrogens is 3. The predicted molar refractivity (Wildman–Crippen MR) is 82.2 cm³/mol. The second-order valence-electron chi connectivity index (χ2n) is 5.58. The van der Waals surface area contributed by atoms with Crippen LogP contribution in [0.15, 0.2) is 22.9 Å². The Morgan fingerprint density at radius 1 is 1.43 bits per heavy atom. The summed E-state index contributed by atoms with van der Waals surface area (Å²) in [5.41, 5.74) is 0.400. The van der Waals surface area contributed by atoms with Crippen LogP contribution in [0.4, 0.5) is 0 Å². The monoisotopic (exact) mass is 336 g/mol. The highest BCUT2D eigenvalue weighted by molar-refractivity contribution is 6.33. The van der Waals surface area contributed by atoms with Gasteiger partial charge in [-0.05, 0) is 6.07 Å². The van der Waals surface area contributed by atoms with Gasteiger partial charge in [0, 0.05) is 24.9 Å². The van der Waals surface area contributed by atoms with E-state index in [4.69, 9.17) is 20.8 Å². The lowest BCUT2D eigenvalue weighted by Gasteiger charge is -2.33. The number of halogens is 1. The Morgan fingerprint density at radius 2 is 2.26 bits per heavy atom. The van der Waals surface area contributed by atoms with E-state index in [1.807, 2.05) is 13.8 Å². The van der Waals surface area contributed by atoms with Gasteiger partial charge < -0.3 is 14.1 Å². The number of hydrogen-bond donors (Lipinski definition) is 0. The molecule has 2 aromatic rings. The summed E-state index contributed by atoms with van der Waals surface area (Å²) in [6.07, 6.45) is 2.99. The Bertz CT molecular complexity index is 704. The van der Waals surface area contributed by atoms with Crippen molar-refractivity contribution >= 4 is 17.5 Å². The van der Waals surface area contributed by atoms with E-state index >= 15 is 0 Å². The zero-order valence-corrected chi connectivity index (χ0v) is 13.7. The molecular weight excluding hydrogens is 320 g/mol. The number of nitrogens with zero attached hydrogens (tertiary/aromatic N) is 4. The average Bonchev–Trinajstić information content (AvgIpc) is 3.05. The molecule has 2 aromatic heterocycles. The molecule has 1 aliphatic heterocycles. The molecule has 0 aliphatic carbocycles. The quantitative estimate of drug-likeness (QED) is 0.856. The van der Waals surface area contributed by atoms with Crippen molar-refractivity contribution in [3.8, 4) is 0 Å². The van der Waals surface area contributed by atoms with Crippen molar-refractivity contribution in [2.45, 2.75) is 25.8 Å². The molecule has 0 saturated carbocycles. The summed E-state index contributed by atoms with van der Waals surface area (Å²) in [5, 5.41) is 8.42. The van der Waals surface area contributed by atoms with Crippen molar-refractivity contribution in [1.29, 1.82) is 0 Å². The first-order valence-corrected chi connectivity index (χ1v) is 7.77. The normalized spacial score (nSPS) is 18.4. The van der Waals surface area contributed by atoms with Gasteiger partial charge in [-0.15, -0.1) is 10.2 Å². The molecule has 1 saturated heterocycles. The second-order valence-corrected chi connectivity index (χ2v) is 5.99. The fourth-order valence-electron chi connectivity index (χ4n) is 2.37. The van der Waals surface area contributed by atoms with Gasteiger partial charge in [0.05, 0.1) is 23.8 Å². The van der Waals surface area contributed by atoms with E-state index in [9.17, 15) is 4.79 Å². The summed E-state index contributed by atoms with van der Waals surface area (Å²) in [6.45, 7) is 5.13. The van der Waals surface area contributed by atoms with Gasteiger partial charge in [-0.25, -0.2) is 0 Å². The van der Waals surface area contributed by atoms with Crippen LogP contribution < -0.4 is 0 Å². The maximum Gasteiger partial charge on any atom is 0.256 e. The molecule has 3 rings (SSSR count). The summed E-state index contributed by atoms with van der Waals surface area (Å²) in [7, 11) is 0. The van der Waals surface area contributed by atoms with Gasteiger partial charge in [-0.3, -0.25) is 9.78 Å². The lowest BCUT2D eigenvalue weighted by molar-refractivity contribution is -0.0107. The molecule has 7 nitrogen and oxygen atoms in total. The topological polar surface area (TPSA) is 81.4 Å². The van der Waals surface area contributed by atoms with E-state index in [0.29, 0.717) is 42.1 Å². The molecule has 0 aromatic carbocycles. The van der Waals surface area contributed by atoms with E-state index in [0.717, 1.165) is 0 Å². The van der Waals surface area contributed by atoms with Crippen LogP contribution in [0.2, 0.25) is 5.02 Å². The number of carbonyl (C=O) groups excluding carboxylic acids is 1. The number of rotatable bonds is 3. The van der Waals surface area contributed by atoms with Crippen LogP contribution in [-0.2, 0) is 4.74 Å². The van der Waals surface area contributed by atoms with Crippen molar-refractivity contribution in [2.24, 2.45) is 0 Å². The number of morpholine rings is 1. The molecule has 1 fully saturated rings. The predicted octanol–water partition coefficient (Wildman–Crippen LogP) is 2.46. The van der Waals surface area contributed by atoms with E-state index < -0.39 is 6.04 Å². The molecule has 8 heteroatoms. The molecule has 122 valence electrons. The third kappa shape index (κ3) is 3.20. The molecule has 1 unspecified atom stereocenters. The Hall–Kier alpha value is -1.99. The maximum absolute atomic E-state index is 12.8. The van der Waals surface area contributed by atoms with Crippen molar-refractivity contribution in [3.05, 3.63) is 40.8 Å². The summed E-state index contributed by atoms with van der Waals surface area (Å²) in [6, 6.07) is 1.19. The smallest absolute Gasteiger partial charge is 0.256 e. The van der Waals surface area contributed by atoms with Crippen LogP contribution in [0.1, 0.15) is 47.9 Å². The molecule has 1 atom stereocenters. The Morgan fingerprint density at radius 3 is 2.96 bits per heavy atom. The summed E-state index contributed by atoms with van der Waals surface area (Å²) < 4.78 is 11.2. The highest BCUT2D eigenvalue weighted by Gasteiger charge is 2.34. The number of amides is 1. The van der Waals surface area contributed by atoms with Gasteiger partial charge >= 0.3 is 0 Å². The fourth-order valence-corrected chi connectivity index (χ4v) is 2.57. The minimum atomic E-state index is -0.416. The Labute approximate surface area is 138 Å². The van der Waals surface area contributed by atoms with Crippen LogP contribution in [0.5, 0.6) is 0 Å². The summed E-state index contributed by atoms with van der Waals surface area (Å²) in [5.74, 6) is 0.849. The van der Waals surface area contributed by atoms with Gasteiger partial charge in [-0.1, -0.05) is 25.4 Å². The molecule has 0 radical (unpaired) electrons. The highest BCUT2D eigenvalue weighted by atomic mass is 35.5. The van der Waals surface area contributed by atoms with Crippen LogP contribution in [0, 0.1) is 0 Å². The van der Waals surface area contributed by atoms with Crippen molar-refractivity contribution < 1.29 is 13.9 Å². The van der Waals surface area contributed by atoms with Crippen molar-refractivity contribution in [2.75, 3.05) is 19.8 Å². The minimum absolute atomic E-state index is 0.125. The third-order valence-electron chi connectivity index (χ3n) is 3.63. The van der Waals surface area contributed by atoms with E-state index in [-0.39, 0.29) is 11.8 Å². The van der Waals surface area contributed by atoms with Gasteiger partial charge in [-0.2, -0.15) is 0 Å². The maximum atomic E-state index is 12.8. The first kappa shape index (κ1) is 15.9. The van der Waals surface area contributed by atoms with E-state index in [2.05, 4.69) is 15.2 Å². The van der Waals surface area contributed by atoms with E-state index in [1.54, 1.807) is 11.0 Å². The van der Waals surface area contributed by atoms with Crippen molar-refractivity contribution in [1.82, 2.24) is 20.1 Å². The molecule has 0 N–H and O–H groups in total. The van der Waals surface area contributed by atoms with Gasteiger partial charge in [0.25, 0.3) is 5.91 Å². The molecule has 1 aliphatic rings. The van der Waals surface area contributed by atoms with Crippen LogP contribution in [0.25, 0.3) is 0 Å². The lowest BCUT2D eigenvalue weighted by Crippen LogP contribution is -2.43. The standard InChI is InChI=1S/C15H17ClN4O3/c1-9(2)13-18-19-14(23-13)12-8-22-6-5-20(12)15(21)10-3-4-17-7-11(10)16/h3-4,7,9,12H,5-6,8H2,1-2H3. The van der Waals surface area contributed by atoms with Crippen LogP contribution >= 0.6 is 11.6 Å². The first-order chi connectivity index (χ1) is 11.1. The molecule has 0 bridgehead atoms. The largest absolute Gasteiger partial charge is 0.423 e.